The molecule has 17 heavy (non-hydrogen) atoms. The molecule has 0 bridgehead atoms. The van der Waals surface area contributed by atoms with Gasteiger partial charge in [-0.1, -0.05) is 36.4 Å². The molecule has 4 nitrogen and oxygen atoms in total. The van der Waals surface area contributed by atoms with Crippen molar-refractivity contribution in [3.05, 3.63) is 48.5 Å². The Kier molecular flexibility index (Phi) is 3.44. The fourth-order valence-corrected chi connectivity index (χ4v) is 1.61. The molecule has 0 saturated heterocycles. The second-order valence-electron chi connectivity index (χ2n) is 3.72. The lowest BCUT2D eigenvalue weighted by Crippen LogP contribution is -2.29. The van der Waals surface area contributed by atoms with Crippen LogP contribution in [0.25, 0.3) is 11.1 Å². The van der Waals surface area contributed by atoms with E-state index >= 15 is 0 Å². The second kappa shape index (κ2) is 5.01. The number of nitrogen functional groups attached to an aromatic ring is 1. The lowest BCUT2D eigenvalue weighted by atomic mass is 9.80. The summed E-state index contributed by atoms with van der Waals surface area (Å²) >= 11 is 0. The molecule has 0 atom stereocenters. The van der Waals surface area contributed by atoms with Gasteiger partial charge in [0.05, 0.1) is 0 Å². The lowest BCUT2D eigenvalue weighted by Gasteiger charge is -2.05. The predicted octanol–water partition coefficient (Wildman–Crippen LogP) is 0.319. The van der Waals surface area contributed by atoms with E-state index in [-0.39, 0.29) is 0 Å². The SMILES string of the molecule is NNc1ccc(-c2ccc(B(O)O)cc2)cc1. The number of benzene rings is 2. The Morgan fingerprint density at radius 1 is 0.824 bits per heavy atom. The van der Waals surface area contributed by atoms with Gasteiger partial charge < -0.3 is 15.5 Å². The van der Waals surface area contributed by atoms with E-state index in [0.29, 0.717) is 5.46 Å². The van der Waals surface area contributed by atoms with E-state index in [2.05, 4.69) is 5.43 Å². The summed E-state index contributed by atoms with van der Waals surface area (Å²) in [6.45, 7) is 0. The van der Waals surface area contributed by atoms with Gasteiger partial charge >= 0.3 is 7.12 Å². The van der Waals surface area contributed by atoms with Crippen LogP contribution in [0.1, 0.15) is 0 Å². The standard InChI is InChI=1S/C12H13BN2O2/c14-15-12-7-3-10(4-8-12)9-1-5-11(6-2-9)13(16)17/h1-8,15-17H,14H2. The van der Waals surface area contributed by atoms with Crippen molar-refractivity contribution in [1.82, 2.24) is 0 Å². The van der Waals surface area contributed by atoms with Crippen LogP contribution in [-0.4, -0.2) is 17.2 Å². The molecule has 2 rings (SSSR count). The van der Waals surface area contributed by atoms with Crippen LogP contribution in [0.3, 0.4) is 0 Å². The third-order valence-corrected chi connectivity index (χ3v) is 2.59. The smallest absolute Gasteiger partial charge is 0.423 e. The molecule has 5 heteroatoms. The van der Waals surface area contributed by atoms with Crippen LogP contribution in [0.15, 0.2) is 48.5 Å². The summed E-state index contributed by atoms with van der Waals surface area (Å²) in [5.41, 5.74) is 5.94. The summed E-state index contributed by atoms with van der Waals surface area (Å²) in [4.78, 5) is 0. The van der Waals surface area contributed by atoms with Gasteiger partial charge in [-0.25, -0.2) is 0 Å². The normalized spacial score (nSPS) is 10.1. The molecule has 0 unspecified atom stereocenters. The highest BCUT2D eigenvalue weighted by Crippen LogP contribution is 2.20. The molecule has 0 spiro atoms. The van der Waals surface area contributed by atoms with E-state index in [0.717, 1.165) is 16.8 Å². The van der Waals surface area contributed by atoms with Crippen LogP contribution >= 0.6 is 0 Å². The van der Waals surface area contributed by atoms with Crippen molar-refractivity contribution in [2.24, 2.45) is 5.84 Å². The molecule has 2 aromatic rings. The van der Waals surface area contributed by atoms with Gasteiger partial charge in [-0.15, -0.1) is 0 Å². The number of hydrogen-bond donors (Lipinski definition) is 4. The first-order valence-corrected chi connectivity index (χ1v) is 5.24. The van der Waals surface area contributed by atoms with E-state index in [1.54, 1.807) is 12.1 Å². The number of hydrogen-bond acceptors (Lipinski definition) is 4. The maximum absolute atomic E-state index is 8.99. The van der Waals surface area contributed by atoms with Crippen LogP contribution in [0.5, 0.6) is 0 Å². The highest BCUT2D eigenvalue weighted by atomic mass is 16.4. The van der Waals surface area contributed by atoms with E-state index in [1.165, 1.54) is 0 Å². The Morgan fingerprint density at radius 2 is 1.29 bits per heavy atom. The topological polar surface area (TPSA) is 78.5 Å². The van der Waals surface area contributed by atoms with Crippen molar-refractivity contribution >= 4 is 18.3 Å². The zero-order valence-corrected chi connectivity index (χ0v) is 9.17. The number of nitrogens with two attached hydrogens (primary N) is 1. The molecule has 0 fully saturated rings. The molecule has 0 aliphatic rings. The van der Waals surface area contributed by atoms with Crippen molar-refractivity contribution in [3.63, 3.8) is 0 Å². The van der Waals surface area contributed by atoms with Gasteiger partial charge in [0, 0.05) is 5.69 Å². The molecule has 0 amide bonds. The summed E-state index contributed by atoms with van der Waals surface area (Å²) in [5.74, 6) is 5.29. The molecular formula is C12H13BN2O2. The summed E-state index contributed by atoms with van der Waals surface area (Å²) in [6.07, 6.45) is 0. The van der Waals surface area contributed by atoms with Crippen molar-refractivity contribution in [1.29, 1.82) is 0 Å². The molecule has 86 valence electrons. The van der Waals surface area contributed by atoms with Crippen LogP contribution < -0.4 is 16.7 Å². The molecule has 0 aliphatic heterocycles. The van der Waals surface area contributed by atoms with Crippen LogP contribution in [0, 0.1) is 0 Å². The molecule has 2 aromatic carbocycles. The molecule has 0 heterocycles. The van der Waals surface area contributed by atoms with Crippen LogP contribution in [0.2, 0.25) is 0 Å². The average Bonchev–Trinajstić information content (AvgIpc) is 2.39. The van der Waals surface area contributed by atoms with Crippen molar-refractivity contribution in [2.75, 3.05) is 5.43 Å². The quantitative estimate of drug-likeness (QED) is 0.346. The second-order valence-corrected chi connectivity index (χ2v) is 3.72. The maximum Gasteiger partial charge on any atom is 0.488 e. The minimum atomic E-state index is -1.42. The third-order valence-electron chi connectivity index (χ3n) is 2.59. The molecule has 0 saturated carbocycles. The van der Waals surface area contributed by atoms with E-state index in [9.17, 15) is 0 Å². The molecule has 0 aromatic heterocycles. The lowest BCUT2D eigenvalue weighted by molar-refractivity contribution is 0.426. The largest absolute Gasteiger partial charge is 0.488 e. The van der Waals surface area contributed by atoms with E-state index in [4.69, 9.17) is 15.9 Å². The zero-order chi connectivity index (χ0) is 12.3. The maximum atomic E-state index is 8.99. The highest BCUT2D eigenvalue weighted by Gasteiger charge is 2.09. The van der Waals surface area contributed by atoms with Gasteiger partial charge in [0.25, 0.3) is 0 Å². The number of rotatable bonds is 3. The predicted molar refractivity (Wildman–Crippen MR) is 69.5 cm³/mol. The zero-order valence-electron chi connectivity index (χ0n) is 9.17. The molecule has 5 N–H and O–H groups in total. The number of anilines is 1. The Bertz CT molecular complexity index is 483. The summed E-state index contributed by atoms with van der Waals surface area (Å²) in [5, 5.41) is 18.0. The highest BCUT2D eigenvalue weighted by molar-refractivity contribution is 6.58. The first kappa shape index (κ1) is 11.7. The van der Waals surface area contributed by atoms with Crippen molar-refractivity contribution in [3.8, 4) is 11.1 Å². The minimum absolute atomic E-state index is 0.481. The Labute approximate surface area is 99.8 Å². The fraction of sp³-hybridized carbons (Fsp3) is 0. The van der Waals surface area contributed by atoms with Gasteiger partial charge in [0.2, 0.25) is 0 Å². The first-order chi connectivity index (χ1) is 8.20. The fourth-order valence-electron chi connectivity index (χ4n) is 1.61. The monoisotopic (exact) mass is 228 g/mol. The van der Waals surface area contributed by atoms with Gasteiger partial charge in [-0.2, -0.15) is 0 Å². The summed E-state index contributed by atoms with van der Waals surface area (Å²) in [7, 11) is -1.42. The van der Waals surface area contributed by atoms with E-state index < -0.39 is 7.12 Å². The van der Waals surface area contributed by atoms with Gasteiger partial charge in [0.15, 0.2) is 0 Å². The van der Waals surface area contributed by atoms with Crippen molar-refractivity contribution in [2.45, 2.75) is 0 Å². The molecular weight excluding hydrogens is 215 g/mol. The van der Waals surface area contributed by atoms with E-state index in [1.807, 2.05) is 36.4 Å². The van der Waals surface area contributed by atoms with Gasteiger partial charge in [-0.3, -0.25) is 5.84 Å². The Morgan fingerprint density at radius 3 is 1.71 bits per heavy atom. The Hall–Kier alpha value is -1.82. The minimum Gasteiger partial charge on any atom is -0.423 e. The first-order valence-electron chi connectivity index (χ1n) is 5.24. The number of hydrazine groups is 1. The summed E-state index contributed by atoms with van der Waals surface area (Å²) < 4.78 is 0. The molecule has 0 aliphatic carbocycles. The third kappa shape index (κ3) is 2.65. The van der Waals surface area contributed by atoms with Crippen molar-refractivity contribution < 1.29 is 10.0 Å². The Balaban J connectivity index is 2.26. The average molecular weight is 228 g/mol. The number of nitrogens with one attached hydrogen (secondary N) is 1. The van der Waals surface area contributed by atoms with Gasteiger partial charge in [-0.05, 0) is 28.7 Å². The van der Waals surface area contributed by atoms with Crippen LogP contribution in [-0.2, 0) is 0 Å². The molecule has 0 radical (unpaired) electrons. The van der Waals surface area contributed by atoms with Gasteiger partial charge in [0.1, 0.15) is 0 Å². The van der Waals surface area contributed by atoms with Crippen LogP contribution in [0.4, 0.5) is 5.69 Å². The summed E-state index contributed by atoms with van der Waals surface area (Å²) in [6, 6.07) is 14.7.